The number of carbonyl (C=O) groups excluding carboxylic acids is 3. The first-order valence-corrected chi connectivity index (χ1v) is 36.8. The molecule has 0 aromatic rings. The molecule has 0 bridgehead atoms. The van der Waals surface area contributed by atoms with Crippen molar-refractivity contribution in [2.24, 2.45) is 0 Å². The van der Waals surface area contributed by atoms with Crippen molar-refractivity contribution in [3.8, 4) is 0 Å². The van der Waals surface area contributed by atoms with Crippen LogP contribution in [0, 0.1) is 0 Å². The predicted molar refractivity (Wildman–Crippen MR) is 362 cm³/mol. The van der Waals surface area contributed by atoms with Gasteiger partial charge >= 0.3 is 17.9 Å². The van der Waals surface area contributed by atoms with Crippen LogP contribution in [-0.4, -0.2) is 37.2 Å². The first-order valence-electron chi connectivity index (χ1n) is 36.8. The Bertz CT molecular complexity index is 1470. The highest BCUT2D eigenvalue weighted by atomic mass is 16.6. The third kappa shape index (κ3) is 69.8. The van der Waals surface area contributed by atoms with Crippen LogP contribution >= 0.6 is 0 Å². The van der Waals surface area contributed by atoms with E-state index in [2.05, 4.69) is 81.5 Å². The van der Waals surface area contributed by atoms with Crippen LogP contribution in [-0.2, 0) is 28.6 Å². The molecule has 0 fully saturated rings. The number of carbonyl (C=O) groups is 3. The Kier molecular flexibility index (Phi) is 69.1. The van der Waals surface area contributed by atoms with Gasteiger partial charge in [0.2, 0.25) is 0 Å². The van der Waals surface area contributed by atoms with Crippen molar-refractivity contribution in [1.29, 1.82) is 0 Å². The summed E-state index contributed by atoms with van der Waals surface area (Å²) in [5.41, 5.74) is 0. The number of hydrogen-bond donors (Lipinski definition) is 0. The summed E-state index contributed by atoms with van der Waals surface area (Å²) in [5.74, 6) is -0.866. The Morgan fingerprint density at radius 3 is 0.711 bits per heavy atom. The molecule has 83 heavy (non-hydrogen) atoms. The molecule has 0 amide bonds. The van der Waals surface area contributed by atoms with Gasteiger partial charge in [0, 0.05) is 19.3 Å². The second kappa shape index (κ2) is 71.6. The monoisotopic (exact) mass is 1160 g/mol. The van der Waals surface area contributed by atoms with Gasteiger partial charge in [-0.25, -0.2) is 0 Å². The maximum atomic E-state index is 13.0. The zero-order chi connectivity index (χ0) is 59.9. The fourth-order valence-electron chi connectivity index (χ4n) is 10.9. The predicted octanol–water partition coefficient (Wildman–Crippen LogP) is 25.5. The van der Waals surface area contributed by atoms with E-state index in [1.807, 2.05) is 0 Å². The zero-order valence-corrected chi connectivity index (χ0v) is 55.7. The van der Waals surface area contributed by atoms with E-state index in [4.69, 9.17) is 14.2 Å². The topological polar surface area (TPSA) is 78.9 Å². The minimum absolute atomic E-state index is 0.0758. The van der Waals surface area contributed by atoms with Gasteiger partial charge in [-0.15, -0.1) is 0 Å². The van der Waals surface area contributed by atoms with Gasteiger partial charge in [-0.1, -0.05) is 351 Å². The molecule has 0 saturated carbocycles. The Labute approximate surface area is 517 Å². The lowest BCUT2D eigenvalue weighted by atomic mass is 10.0. The van der Waals surface area contributed by atoms with E-state index < -0.39 is 6.10 Å². The van der Waals surface area contributed by atoms with Crippen molar-refractivity contribution in [3.63, 3.8) is 0 Å². The number of rotatable bonds is 68. The largest absolute Gasteiger partial charge is 0.462 e. The van der Waals surface area contributed by atoms with E-state index in [-0.39, 0.29) is 31.1 Å². The molecule has 0 rings (SSSR count). The average Bonchev–Trinajstić information content (AvgIpc) is 3.49. The molecular weight excluding hydrogens is 1020 g/mol. The zero-order valence-electron chi connectivity index (χ0n) is 55.7. The number of esters is 3. The normalized spacial score (nSPS) is 12.4. The molecule has 1 unspecified atom stereocenters. The number of ether oxygens (including phenoxy) is 3. The average molecular weight is 1160 g/mol. The van der Waals surface area contributed by atoms with E-state index in [0.29, 0.717) is 19.3 Å². The van der Waals surface area contributed by atoms with Crippen LogP contribution in [0.5, 0.6) is 0 Å². The number of allylic oxidation sites excluding steroid dienone is 10. The summed E-state index contributed by atoms with van der Waals surface area (Å²) >= 11 is 0. The van der Waals surface area contributed by atoms with Crippen LogP contribution in [0.15, 0.2) is 60.8 Å². The summed E-state index contributed by atoms with van der Waals surface area (Å²) in [5, 5.41) is 0. The molecule has 1 atom stereocenters. The van der Waals surface area contributed by atoms with Crippen LogP contribution in [0.25, 0.3) is 0 Å². The SMILES string of the molecule is CCCC/C=C\C/C=C\CCCCCCCC(=O)OCC(COC(=O)CCCCCCCCCCCCCC/C=C\C/C=C\C/C=C\CCCCCCC)OC(=O)CCCCCCCCCCCCCCCCCCCCCCCCCC. The molecule has 0 heterocycles. The molecule has 0 aromatic carbocycles. The summed E-state index contributed by atoms with van der Waals surface area (Å²) in [6, 6.07) is 0. The van der Waals surface area contributed by atoms with E-state index in [9.17, 15) is 14.4 Å². The smallest absolute Gasteiger partial charge is 0.306 e. The highest BCUT2D eigenvalue weighted by molar-refractivity contribution is 5.71. The maximum Gasteiger partial charge on any atom is 0.306 e. The fourth-order valence-corrected chi connectivity index (χ4v) is 10.9. The van der Waals surface area contributed by atoms with Crippen LogP contribution in [0.1, 0.15) is 393 Å². The highest BCUT2D eigenvalue weighted by Gasteiger charge is 2.19. The van der Waals surface area contributed by atoms with Gasteiger partial charge < -0.3 is 14.2 Å². The summed E-state index contributed by atoms with van der Waals surface area (Å²) in [4.78, 5) is 38.5. The van der Waals surface area contributed by atoms with E-state index in [1.54, 1.807) is 0 Å². The molecule has 0 aliphatic heterocycles. The van der Waals surface area contributed by atoms with Crippen LogP contribution in [0.3, 0.4) is 0 Å². The number of unbranched alkanes of at least 4 members (excludes halogenated alkanes) is 47. The van der Waals surface area contributed by atoms with Crippen LogP contribution in [0.2, 0.25) is 0 Å². The fraction of sp³-hybridized carbons (Fsp3) is 0.831. The van der Waals surface area contributed by atoms with E-state index in [0.717, 1.165) is 89.9 Å². The van der Waals surface area contributed by atoms with Gasteiger partial charge in [-0.3, -0.25) is 14.4 Å². The first kappa shape index (κ1) is 80.1. The Morgan fingerprint density at radius 1 is 0.241 bits per heavy atom. The van der Waals surface area contributed by atoms with Gasteiger partial charge in [-0.2, -0.15) is 0 Å². The molecule has 6 nitrogen and oxygen atoms in total. The molecule has 0 N–H and O–H groups in total. The van der Waals surface area contributed by atoms with Crippen molar-refractivity contribution >= 4 is 17.9 Å². The van der Waals surface area contributed by atoms with Gasteiger partial charge in [0.1, 0.15) is 13.2 Å². The minimum Gasteiger partial charge on any atom is -0.462 e. The first-order chi connectivity index (χ1) is 41.0. The lowest BCUT2D eigenvalue weighted by Crippen LogP contribution is -2.30. The summed E-state index contributed by atoms with van der Waals surface area (Å²) in [7, 11) is 0. The summed E-state index contributed by atoms with van der Waals surface area (Å²) in [6.45, 7) is 6.64. The van der Waals surface area contributed by atoms with Gasteiger partial charge in [-0.05, 0) is 83.5 Å². The van der Waals surface area contributed by atoms with Crippen molar-refractivity contribution in [2.45, 2.75) is 399 Å². The molecular formula is C77H140O6. The van der Waals surface area contributed by atoms with E-state index in [1.165, 1.54) is 263 Å². The quantitative estimate of drug-likeness (QED) is 0.0261. The van der Waals surface area contributed by atoms with Crippen LogP contribution < -0.4 is 0 Å². The van der Waals surface area contributed by atoms with Crippen LogP contribution in [0.4, 0.5) is 0 Å². The Morgan fingerprint density at radius 2 is 0.446 bits per heavy atom. The lowest BCUT2D eigenvalue weighted by Gasteiger charge is -2.18. The molecule has 0 radical (unpaired) electrons. The van der Waals surface area contributed by atoms with Crippen molar-refractivity contribution in [1.82, 2.24) is 0 Å². The molecule has 0 aromatic heterocycles. The van der Waals surface area contributed by atoms with Gasteiger partial charge in [0.05, 0.1) is 0 Å². The van der Waals surface area contributed by atoms with Gasteiger partial charge in [0.15, 0.2) is 6.10 Å². The van der Waals surface area contributed by atoms with E-state index >= 15 is 0 Å². The maximum absolute atomic E-state index is 13.0. The van der Waals surface area contributed by atoms with Crippen molar-refractivity contribution in [3.05, 3.63) is 60.8 Å². The van der Waals surface area contributed by atoms with Crippen molar-refractivity contribution in [2.75, 3.05) is 13.2 Å². The molecule has 484 valence electrons. The molecule has 6 heteroatoms. The lowest BCUT2D eigenvalue weighted by molar-refractivity contribution is -0.167. The molecule has 0 aliphatic rings. The Hall–Kier alpha value is -2.89. The van der Waals surface area contributed by atoms with Crippen molar-refractivity contribution < 1.29 is 28.6 Å². The number of hydrogen-bond acceptors (Lipinski definition) is 6. The summed E-state index contributed by atoms with van der Waals surface area (Å²) < 4.78 is 17.0. The molecule has 0 aliphatic carbocycles. The molecule has 0 spiro atoms. The van der Waals surface area contributed by atoms with Gasteiger partial charge in [0.25, 0.3) is 0 Å². The third-order valence-corrected chi connectivity index (χ3v) is 16.5. The third-order valence-electron chi connectivity index (χ3n) is 16.5. The Balaban J connectivity index is 4.26. The minimum atomic E-state index is -0.781. The standard InChI is InChI=1S/C77H140O6/c1-4-7-10-13-16-19-22-25-28-30-32-34-36-38-39-40-42-43-45-47-49-52-55-58-61-64-67-70-76(79)82-73-74(72-81-75(78)69-66-63-60-57-54-51-27-24-21-18-15-12-9-6-3)83-77(80)71-68-65-62-59-56-53-50-48-46-44-41-37-35-33-31-29-26-23-20-17-14-11-8-5-2/h15,18,22,24-25,27,30,32,36,38,74H,4-14,16-17,19-21,23,26,28-29,31,33-35,37,39-73H2,1-3H3/b18-15-,25-22-,27-24-,32-30-,38-36-. The second-order valence-corrected chi connectivity index (χ2v) is 24.9. The summed E-state index contributed by atoms with van der Waals surface area (Å²) in [6.07, 6.45) is 92.6. The molecule has 0 saturated heterocycles. The second-order valence-electron chi connectivity index (χ2n) is 24.9. The highest BCUT2D eigenvalue weighted by Crippen LogP contribution is 2.18.